The van der Waals surface area contributed by atoms with E-state index in [0.717, 1.165) is 21.3 Å². The van der Waals surface area contributed by atoms with Crippen LogP contribution in [0.15, 0.2) is 52.7 Å². The van der Waals surface area contributed by atoms with Crippen LogP contribution >= 0.6 is 22.9 Å². The standard InChI is InChI=1S/C21H19ClN2O4S2/c22-15-5-6-18-14(11-15)12-28-21(25)24(18)16-7-9-23(10-8-16)30(26,27)20-13-29-19-4-2-1-3-17(19)20/h1-6,11,13,16H,7-10,12H2. The zero-order valence-electron chi connectivity index (χ0n) is 16.0. The Bertz CT molecular complexity index is 1230. The summed E-state index contributed by atoms with van der Waals surface area (Å²) in [7, 11) is -3.59. The first kappa shape index (κ1) is 19.8. The Morgan fingerprint density at radius 2 is 1.87 bits per heavy atom. The molecule has 0 spiro atoms. The second-order valence-corrected chi connectivity index (χ2v) is 10.7. The Labute approximate surface area is 183 Å². The van der Waals surface area contributed by atoms with Gasteiger partial charge in [-0.3, -0.25) is 4.90 Å². The number of piperidine rings is 1. The minimum atomic E-state index is -3.59. The first-order valence-corrected chi connectivity index (χ1v) is 12.4. The number of carbonyl (C=O) groups excluding carboxylic acids is 1. The zero-order chi connectivity index (χ0) is 20.9. The molecule has 0 atom stereocenters. The maximum absolute atomic E-state index is 13.3. The van der Waals surface area contributed by atoms with E-state index >= 15 is 0 Å². The summed E-state index contributed by atoms with van der Waals surface area (Å²) in [6.45, 7) is 0.900. The minimum Gasteiger partial charge on any atom is -0.444 e. The monoisotopic (exact) mass is 462 g/mol. The van der Waals surface area contributed by atoms with Gasteiger partial charge in [-0.25, -0.2) is 13.2 Å². The predicted molar refractivity (Wildman–Crippen MR) is 118 cm³/mol. The van der Waals surface area contributed by atoms with Crippen molar-refractivity contribution in [3.63, 3.8) is 0 Å². The predicted octanol–water partition coefficient (Wildman–Crippen LogP) is 4.86. The molecule has 156 valence electrons. The highest BCUT2D eigenvalue weighted by Gasteiger charge is 2.37. The first-order valence-electron chi connectivity index (χ1n) is 9.66. The molecular formula is C21H19ClN2O4S2. The van der Waals surface area contributed by atoms with Crippen LogP contribution in [-0.2, 0) is 21.4 Å². The maximum atomic E-state index is 13.3. The molecule has 9 heteroatoms. The van der Waals surface area contributed by atoms with Gasteiger partial charge >= 0.3 is 6.09 Å². The number of sulfonamides is 1. The summed E-state index contributed by atoms with van der Waals surface area (Å²) >= 11 is 7.51. The van der Waals surface area contributed by atoms with E-state index in [-0.39, 0.29) is 12.6 Å². The van der Waals surface area contributed by atoms with Gasteiger partial charge in [-0.1, -0.05) is 29.8 Å². The molecule has 0 radical (unpaired) electrons. The minimum absolute atomic E-state index is 0.122. The van der Waals surface area contributed by atoms with Crippen LogP contribution in [0, 0.1) is 0 Å². The van der Waals surface area contributed by atoms with Gasteiger partial charge in [0.1, 0.15) is 11.5 Å². The van der Waals surface area contributed by atoms with Gasteiger partial charge in [-0.15, -0.1) is 11.3 Å². The largest absolute Gasteiger partial charge is 0.444 e. The molecule has 2 aromatic carbocycles. The van der Waals surface area contributed by atoms with Gasteiger partial charge in [0, 0.05) is 45.2 Å². The van der Waals surface area contributed by atoms with E-state index in [4.69, 9.17) is 16.3 Å². The van der Waals surface area contributed by atoms with Gasteiger partial charge in [-0.05, 0) is 37.1 Å². The number of hydrogen-bond donors (Lipinski definition) is 0. The average molecular weight is 463 g/mol. The van der Waals surface area contributed by atoms with E-state index < -0.39 is 16.1 Å². The Kier molecular flexibility index (Phi) is 4.97. The van der Waals surface area contributed by atoms with Crippen molar-refractivity contribution in [1.82, 2.24) is 4.31 Å². The van der Waals surface area contributed by atoms with Crippen LogP contribution in [0.2, 0.25) is 5.02 Å². The summed E-state index contributed by atoms with van der Waals surface area (Å²) in [5.41, 5.74) is 1.66. The molecular weight excluding hydrogens is 444 g/mol. The van der Waals surface area contributed by atoms with Gasteiger partial charge in [0.2, 0.25) is 10.0 Å². The van der Waals surface area contributed by atoms with E-state index in [1.807, 2.05) is 30.3 Å². The number of nitrogens with zero attached hydrogens (tertiary/aromatic N) is 2. The van der Waals surface area contributed by atoms with Crippen LogP contribution in [0.3, 0.4) is 0 Å². The number of anilines is 1. The molecule has 0 bridgehead atoms. The van der Waals surface area contributed by atoms with Gasteiger partial charge in [0.25, 0.3) is 0 Å². The van der Waals surface area contributed by atoms with Crippen molar-refractivity contribution in [3.8, 4) is 0 Å². The van der Waals surface area contributed by atoms with Crippen molar-refractivity contribution in [3.05, 3.63) is 58.4 Å². The summed E-state index contributed by atoms with van der Waals surface area (Å²) in [6.07, 6.45) is 0.687. The lowest BCUT2D eigenvalue weighted by Gasteiger charge is -2.39. The molecule has 6 nitrogen and oxygen atoms in total. The molecule has 1 fully saturated rings. The summed E-state index contributed by atoms with van der Waals surface area (Å²) in [5.74, 6) is 0. The summed E-state index contributed by atoms with van der Waals surface area (Å²) in [4.78, 5) is 14.5. The topological polar surface area (TPSA) is 66.9 Å². The first-order chi connectivity index (χ1) is 14.4. The fraction of sp³-hybridized carbons (Fsp3) is 0.286. The van der Waals surface area contributed by atoms with Gasteiger partial charge in [0.05, 0.1) is 5.69 Å². The highest BCUT2D eigenvalue weighted by Crippen LogP contribution is 2.36. The molecule has 3 heterocycles. The summed E-state index contributed by atoms with van der Waals surface area (Å²) in [6, 6.07) is 12.8. The number of cyclic esters (lactones) is 1. The molecule has 1 saturated heterocycles. The number of fused-ring (bicyclic) bond motifs is 2. The smallest absolute Gasteiger partial charge is 0.414 e. The van der Waals surface area contributed by atoms with Gasteiger partial charge in [0.15, 0.2) is 0 Å². The lowest BCUT2D eigenvalue weighted by Crippen LogP contribution is -2.50. The van der Waals surface area contributed by atoms with Crippen LogP contribution in [0.4, 0.5) is 10.5 Å². The zero-order valence-corrected chi connectivity index (χ0v) is 18.3. The van der Waals surface area contributed by atoms with Crippen molar-refractivity contribution >= 4 is 54.8 Å². The van der Waals surface area contributed by atoms with Gasteiger partial charge < -0.3 is 4.74 Å². The van der Waals surface area contributed by atoms with E-state index in [9.17, 15) is 13.2 Å². The fourth-order valence-electron chi connectivity index (χ4n) is 4.19. The molecule has 2 aliphatic rings. The maximum Gasteiger partial charge on any atom is 0.414 e. The van der Waals surface area contributed by atoms with Crippen molar-refractivity contribution in [1.29, 1.82) is 0 Å². The summed E-state index contributed by atoms with van der Waals surface area (Å²) < 4.78 is 34.3. The number of amides is 1. The fourth-order valence-corrected chi connectivity index (χ4v) is 7.33. The number of hydrogen-bond acceptors (Lipinski definition) is 5. The van der Waals surface area contributed by atoms with E-state index in [1.54, 1.807) is 22.4 Å². The number of benzene rings is 2. The molecule has 3 aromatic rings. The van der Waals surface area contributed by atoms with Crippen LogP contribution in [0.1, 0.15) is 18.4 Å². The van der Waals surface area contributed by atoms with E-state index in [0.29, 0.717) is 35.8 Å². The lowest BCUT2D eigenvalue weighted by molar-refractivity contribution is 0.136. The SMILES string of the molecule is O=C1OCc2cc(Cl)ccc2N1C1CCN(S(=O)(=O)c2csc3ccccc23)CC1. The molecule has 0 N–H and O–H groups in total. The molecule has 0 aliphatic carbocycles. The van der Waals surface area contributed by atoms with Gasteiger partial charge in [-0.2, -0.15) is 4.31 Å². The Morgan fingerprint density at radius 1 is 1.10 bits per heavy atom. The quantitative estimate of drug-likeness (QED) is 0.557. The van der Waals surface area contributed by atoms with Crippen molar-refractivity contribution < 1.29 is 17.9 Å². The number of thiophene rings is 1. The third-order valence-electron chi connectivity index (χ3n) is 5.70. The highest BCUT2D eigenvalue weighted by atomic mass is 35.5. The van der Waals surface area contributed by atoms with Crippen LogP contribution in [-0.4, -0.2) is 37.9 Å². The molecule has 2 aliphatic heterocycles. The second-order valence-electron chi connectivity index (χ2n) is 7.43. The number of halogens is 1. The second kappa shape index (κ2) is 7.53. The molecule has 5 rings (SSSR count). The van der Waals surface area contributed by atoms with Crippen LogP contribution in [0.25, 0.3) is 10.1 Å². The molecule has 30 heavy (non-hydrogen) atoms. The normalized spacial score (nSPS) is 18.4. The Morgan fingerprint density at radius 3 is 2.67 bits per heavy atom. The third-order valence-corrected chi connectivity index (χ3v) is 8.99. The molecule has 1 aromatic heterocycles. The Hall–Kier alpha value is -2.13. The van der Waals surface area contributed by atoms with Crippen molar-refractivity contribution in [2.45, 2.75) is 30.4 Å². The van der Waals surface area contributed by atoms with Crippen molar-refractivity contribution in [2.75, 3.05) is 18.0 Å². The third kappa shape index (κ3) is 3.28. The average Bonchev–Trinajstić information content (AvgIpc) is 3.19. The molecule has 0 saturated carbocycles. The highest BCUT2D eigenvalue weighted by molar-refractivity contribution is 7.89. The lowest BCUT2D eigenvalue weighted by atomic mass is 10.0. The molecule has 1 amide bonds. The molecule has 0 unspecified atom stereocenters. The number of carbonyl (C=O) groups is 1. The van der Waals surface area contributed by atoms with E-state index in [2.05, 4.69) is 0 Å². The van der Waals surface area contributed by atoms with Crippen molar-refractivity contribution in [2.24, 2.45) is 0 Å². The number of rotatable bonds is 3. The van der Waals surface area contributed by atoms with Crippen LogP contribution in [0.5, 0.6) is 0 Å². The summed E-state index contributed by atoms with van der Waals surface area (Å²) in [5, 5.41) is 3.07. The van der Waals surface area contributed by atoms with E-state index in [1.165, 1.54) is 15.6 Å². The Balaban J connectivity index is 1.37. The number of ether oxygens (including phenoxy) is 1. The van der Waals surface area contributed by atoms with Crippen LogP contribution < -0.4 is 4.90 Å².